The van der Waals surface area contributed by atoms with Gasteiger partial charge < -0.3 is 14.6 Å². The summed E-state index contributed by atoms with van der Waals surface area (Å²) < 4.78 is 5.39. The number of H-pyrrole nitrogens is 1. The second kappa shape index (κ2) is 7.44. The van der Waals surface area contributed by atoms with Crippen molar-refractivity contribution in [2.75, 3.05) is 13.7 Å². The molecule has 0 radical (unpaired) electrons. The summed E-state index contributed by atoms with van der Waals surface area (Å²) in [6.45, 7) is 4.74. The first-order valence-electron chi connectivity index (χ1n) is 8.59. The van der Waals surface area contributed by atoms with Crippen LogP contribution < -0.4 is 10.3 Å². The van der Waals surface area contributed by atoms with E-state index in [1.165, 1.54) is 0 Å². The Bertz CT molecular complexity index is 990. The second-order valence-electron chi connectivity index (χ2n) is 6.33. The van der Waals surface area contributed by atoms with Gasteiger partial charge >= 0.3 is 0 Å². The van der Waals surface area contributed by atoms with Crippen molar-refractivity contribution in [1.82, 2.24) is 9.88 Å². The van der Waals surface area contributed by atoms with Gasteiger partial charge in [0.25, 0.3) is 11.5 Å². The fourth-order valence-electron chi connectivity index (χ4n) is 2.90. The Morgan fingerprint density at radius 2 is 1.85 bits per heavy atom. The van der Waals surface area contributed by atoms with Gasteiger partial charge in [0.2, 0.25) is 0 Å². The van der Waals surface area contributed by atoms with Gasteiger partial charge in [-0.1, -0.05) is 11.6 Å². The Kier molecular flexibility index (Phi) is 5.07. The van der Waals surface area contributed by atoms with Gasteiger partial charge in [0.1, 0.15) is 5.75 Å². The van der Waals surface area contributed by atoms with Crippen LogP contribution in [-0.4, -0.2) is 29.4 Å². The molecule has 1 amide bonds. The van der Waals surface area contributed by atoms with E-state index in [0.29, 0.717) is 17.7 Å². The quantitative estimate of drug-likeness (QED) is 0.766. The summed E-state index contributed by atoms with van der Waals surface area (Å²) in [6.07, 6.45) is 0. The summed E-state index contributed by atoms with van der Waals surface area (Å²) in [4.78, 5) is 29.4. The molecule has 0 aliphatic carbocycles. The monoisotopic (exact) mass is 350 g/mol. The van der Waals surface area contributed by atoms with E-state index in [2.05, 4.69) is 4.98 Å². The van der Waals surface area contributed by atoms with Gasteiger partial charge in [-0.05, 0) is 61.7 Å². The van der Waals surface area contributed by atoms with Crippen LogP contribution in [0.3, 0.4) is 0 Å². The Morgan fingerprint density at radius 3 is 2.54 bits per heavy atom. The lowest BCUT2D eigenvalue weighted by Crippen LogP contribution is -2.29. The van der Waals surface area contributed by atoms with Crippen LogP contribution in [0.15, 0.2) is 53.3 Å². The van der Waals surface area contributed by atoms with Crippen molar-refractivity contribution in [2.24, 2.45) is 0 Å². The van der Waals surface area contributed by atoms with E-state index in [1.807, 2.05) is 38.1 Å². The van der Waals surface area contributed by atoms with E-state index in [9.17, 15) is 9.59 Å². The van der Waals surface area contributed by atoms with Gasteiger partial charge in [-0.15, -0.1) is 0 Å². The van der Waals surface area contributed by atoms with Crippen molar-refractivity contribution in [1.29, 1.82) is 0 Å². The molecule has 0 spiro atoms. The summed E-state index contributed by atoms with van der Waals surface area (Å²) >= 11 is 0. The maximum absolute atomic E-state index is 12.6. The normalized spacial score (nSPS) is 10.7. The number of hydrogen-bond donors (Lipinski definition) is 1. The largest absolute Gasteiger partial charge is 0.494 e. The lowest BCUT2D eigenvalue weighted by atomic mass is 10.1. The number of carbonyl (C=O) groups is 1. The Morgan fingerprint density at radius 1 is 1.12 bits per heavy atom. The lowest BCUT2D eigenvalue weighted by molar-refractivity contribution is 0.0784. The van der Waals surface area contributed by atoms with Crippen LogP contribution in [0.5, 0.6) is 5.75 Å². The first-order chi connectivity index (χ1) is 12.5. The summed E-state index contributed by atoms with van der Waals surface area (Å²) in [5.41, 5.74) is 2.86. The molecule has 0 unspecified atom stereocenters. The van der Waals surface area contributed by atoms with Crippen molar-refractivity contribution in [3.63, 3.8) is 0 Å². The molecule has 5 nitrogen and oxygen atoms in total. The van der Waals surface area contributed by atoms with Gasteiger partial charge in [-0.2, -0.15) is 0 Å². The molecule has 1 heterocycles. The minimum absolute atomic E-state index is 0.142. The first kappa shape index (κ1) is 17.7. The maximum Gasteiger partial charge on any atom is 0.253 e. The van der Waals surface area contributed by atoms with E-state index in [0.717, 1.165) is 22.2 Å². The number of benzene rings is 2. The number of nitrogens with zero attached hydrogens (tertiary/aromatic N) is 1. The zero-order valence-electron chi connectivity index (χ0n) is 15.2. The fraction of sp³-hybridized carbons (Fsp3) is 0.238. The molecule has 0 atom stereocenters. The summed E-state index contributed by atoms with van der Waals surface area (Å²) in [6, 6.07) is 14.7. The minimum Gasteiger partial charge on any atom is -0.494 e. The van der Waals surface area contributed by atoms with Crippen LogP contribution in [-0.2, 0) is 6.54 Å². The number of aromatic amines is 1. The smallest absolute Gasteiger partial charge is 0.253 e. The number of fused-ring (bicyclic) bond motifs is 1. The van der Waals surface area contributed by atoms with Crippen molar-refractivity contribution in [3.05, 3.63) is 75.6 Å². The average Bonchev–Trinajstić information content (AvgIpc) is 2.63. The number of amides is 1. The molecule has 3 rings (SSSR count). The molecule has 0 bridgehead atoms. The van der Waals surface area contributed by atoms with E-state index in [1.54, 1.807) is 36.2 Å². The third kappa shape index (κ3) is 3.77. The zero-order chi connectivity index (χ0) is 18.7. The molecule has 1 N–H and O–H groups in total. The van der Waals surface area contributed by atoms with E-state index in [-0.39, 0.29) is 18.0 Å². The second-order valence-corrected chi connectivity index (χ2v) is 6.33. The number of aromatic nitrogens is 1. The Hall–Kier alpha value is -3.08. The number of rotatable bonds is 5. The molecule has 0 aliphatic rings. The number of aryl methyl sites for hydroxylation is 1. The maximum atomic E-state index is 12.6. The van der Waals surface area contributed by atoms with Crippen LogP contribution in [0, 0.1) is 6.92 Å². The van der Waals surface area contributed by atoms with Crippen molar-refractivity contribution < 1.29 is 9.53 Å². The minimum atomic E-state index is -0.173. The van der Waals surface area contributed by atoms with Crippen LogP contribution in [0.4, 0.5) is 0 Å². The van der Waals surface area contributed by atoms with Crippen LogP contribution in [0.25, 0.3) is 10.9 Å². The van der Waals surface area contributed by atoms with Crippen molar-refractivity contribution >= 4 is 16.8 Å². The highest BCUT2D eigenvalue weighted by atomic mass is 16.5. The van der Waals surface area contributed by atoms with Gasteiger partial charge in [-0.3, -0.25) is 9.59 Å². The van der Waals surface area contributed by atoms with E-state index >= 15 is 0 Å². The first-order valence-corrected chi connectivity index (χ1v) is 8.59. The standard InChI is InChI=1S/C21H22N2O3/c1-4-26-18-8-6-15(7-9-18)21(25)23(3)13-17-12-16-11-14(2)5-10-19(16)22-20(17)24/h5-12H,4,13H2,1-3H3,(H,22,24). The number of nitrogens with one attached hydrogen (secondary N) is 1. The fourth-order valence-corrected chi connectivity index (χ4v) is 2.90. The molecule has 0 fully saturated rings. The topological polar surface area (TPSA) is 62.4 Å². The highest BCUT2D eigenvalue weighted by Gasteiger charge is 2.14. The molecule has 0 saturated heterocycles. The lowest BCUT2D eigenvalue weighted by Gasteiger charge is -2.17. The predicted octanol–water partition coefficient (Wildman–Crippen LogP) is 3.51. The van der Waals surface area contributed by atoms with Crippen molar-refractivity contribution in [2.45, 2.75) is 20.4 Å². The predicted molar refractivity (Wildman–Crippen MR) is 103 cm³/mol. The van der Waals surface area contributed by atoms with Gasteiger partial charge in [-0.25, -0.2) is 0 Å². The number of hydrogen-bond acceptors (Lipinski definition) is 3. The van der Waals surface area contributed by atoms with Gasteiger partial charge in [0.15, 0.2) is 0 Å². The molecule has 134 valence electrons. The molecule has 2 aromatic carbocycles. The SMILES string of the molecule is CCOc1ccc(C(=O)N(C)Cc2cc3cc(C)ccc3[nH]c2=O)cc1. The number of carbonyl (C=O) groups excluding carboxylic acids is 1. The molecule has 0 aliphatic heterocycles. The molecule has 1 aromatic heterocycles. The Balaban J connectivity index is 1.81. The summed E-state index contributed by atoms with van der Waals surface area (Å²) in [7, 11) is 1.69. The third-order valence-electron chi connectivity index (χ3n) is 4.24. The van der Waals surface area contributed by atoms with Crippen LogP contribution in [0.2, 0.25) is 0 Å². The highest BCUT2D eigenvalue weighted by molar-refractivity contribution is 5.94. The highest BCUT2D eigenvalue weighted by Crippen LogP contribution is 2.16. The van der Waals surface area contributed by atoms with Crippen LogP contribution >= 0.6 is 0 Å². The molecular formula is C21H22N2O3. The summed E-state index contributed by atoms with van der Waals surface area (Å²) in [5.74, 6) is 0.588. The van der Waals surface area contributed by atoms with E-state index < -0.39 is 0 Å². The molecule has 26 heavy (non-hydrogen) atoms. The average molecular weight is 350 g/mol. The van der Waals surface area contributed by atoms with Gasteiger partial charge in [0, 0.05) is 23.7 Å². The van der Waals surface area contributed by atoms with E-state index in [4.69, 9.17) is 4.74 Å². The van der Waals surface area contributed by atoms with Gasteiger partial charge in [0.05, 0.1) is 13.2 Å². The number of ether oxygens (including phenoxy) is 1. The van der Waals surface area contributed by atoms with Crippen LogP contribution in [0.1, 0.15) is 28.4 Å². The third-order valence-corrected chi connectivity index (χ3v) is 4.24. The summed E-state index contributed by atoms with van der Waals surface area (Å²) in [5, 5.41) is 0.960. The van der Waals surface area contributed by atoms with Crippen molar-refractivity contribution in [3.8, 4) is 5.75 Å². The number of pyridine rings is 1. The molecular weight excluding hydrogens is 328 g/mol. The zero-order valence-corrected chi connectivity index (χ0v) is 15.2. The molecule has 0 saturated carbocycles. The Labute approximate surface area is 152 Å². The molecule has 5 heteroatoms. The molecule has 3 aromatic rings.